The first kappa shape index (κ1) is 11.3. The SMILES string of the molecule is CC(O)c1noc(-c2cc(Br)c(Br)s2)n1. The predicted octanol–water partition coefficient (Wildman–Crippen LogP) is 3.38. The number of hydrogen-bond acceptors (Lipinski definition) is 5. The molecule has 0 aliphatic rings. The van der Waals surface area contributed by atoms with E-state index in [1.54, 1.807) is 6.92 Å². The van der Waals surface area contributed by atoms with Gasteiger partial charge in [0.15, 0.2) is 5.82 Å². The second-order valence-corrected chi connectivity index (χ2v) is 6.09. The van der Waals surface area contributed by atoms with Crippen LogP contribution >= 0.6 is 43.2 Å². The zero-order valence-corrected chi connectivity index (χ0v) is 11.6. The summed E-state index contributed by atoms with van der Waals surface area (Å²) in [5.74, 6) is 0.716. The van der Waals surface area contributed by atoms with Crippen molar-refractivity contribution >= 4 is 43.2 Å². The van der Waals surface area contributed by atoms with Gasteiger partial charge in [-0.25, -0.2) is 0 Å². The first-order valence-electron chi connectivity index (χ1n) is 4.05. The summed E-state index contributed by atoms with van der Waals surface area (Å²) >= 11 is 8.24. The molecule has 2 rings (SSSR count). The number of aliphatic hydroxyl groups excluding tert-OH is 1. The minimum absolute atomic E-state index is 0.297. The van der Waals surface area contributed by atoms with Gasteiger partial charge in [0.25, 0.3) is 5.89 Å². The van der Waals surface area contributed by atoms with Crippen LogP contribution in [0, 0.1) is 0 Å². The maximum Gasteiger partial charge on any atom is 0.268 e. The molecule has 4 nitrogen and oxygen atoms in total. The lowest BCUT2D eigenvalue weighted by atomic mass is 10.4. The van der Waals surface area contributed by atoms with Gasteiger partial charge in [-0.15, -0.1) is 11.3 Å². The van der Waals surface area contributed by atoms with Crippen LogP contribution in [0.15, 0.2) is 18.8 Å². The summed E-state index contributed by atoms with van der Waals surface area (Å²) in [5, 5.41) is 12.9. The Morgan fingerprint density at radius 1 is 1.53 bits per heavy atom. The molecule has 1 atom stereocenters. The molecule has 2 aromatic heterocycles. The van der Waals surface area contributed by atoms with Gasteiger partial charge >= 0.3 is 0 Å². The molecular weight excluding hydrogens is 348 g/mol. The number of thiophene rings is 1. The minimum atomic E-state index is -0.714. The lowest BCUT2D eigenvalue weighted by molar-refractivity contribution is 0.184. The van der Waals surface area contributed by atoms with E-state index in [1.165, 1.54) is 11.3 Å². The van der Waals surface area contributed by atoms with Crippen molar-refractivity contribution in [1.29, 1.82) is 0 Å². The lowest BCUT2D eigenvalue weighted by Crippen LogP contribution is -1.92. The molecule has 2 aromatic rings. The molecule has 1 N–H and O–H groups in total. The number of halogens is 2. The average molecular weight is 354 g/mol. The van der Waals surface area contributed by atoms with Gasteiger partial charge < -0.3 is 9.63 Å². The molecule has 2 heterocycles. The molecule has 0 radical (unpaired) electrons. The Balaban J connectivity index is 2.37. The highest BCUT2D eigenvalue weighted by atomic mass is 79.9. The Labute approximate surface area is 107 Å². The van der Waals surface area contributed by atoms with Crippen LogP contribution in [0.2, 0.25) is 0 Å². The van der Waals surface area contributed by atoms with Crippen LogP contribution in [0.5, 0.6) is 0 Å². The molecular formula is C8H6Br2N2O2S. The average Bonchev–Trinajstić information content (AvgIpc) is 2.74. The van der Waals surface area contributed by atoms with Crippen molar-refractivity contribution in [2.75, 3.05) is 0 Å². The highest BCUT2D eigenvalue weighted by Gasteiger charge is 2.15. The van der Waals surface area contributed by atoms with Gasteiger partial charge in [-0.3, -0.25) is 0 Å². The largest absolute Gasteiger partial charge is 0.385 e. The first-order chi connectivity index (χ1) is 7.08. The number of rotatable bonds is 2. The van der Waals surface area contributed by atoms with Crippen molar-refractivity contribution in [2.24, 2.45) is 0 Å². The predicted molar refractivity (Wildman–Crippen MR) is 63.6 cm³/mol. The van der Waals surface area contributed by atoms with E-state index in [0.29, 0.717) is 11.7 Å². The van der Waals surface area contributed by atoms with E-state index in [1.807, 2.05) is 6.07 Å². The van der Waals surface area contributed by atoms with Gasteiger partial charge in [0, 0.05) is 4.47 Å². The van der Waals surface area contributed by atoms with Crippen molar-refractivity contribution in [1.82, 2.24) is 10.1 Å². The van der Waals surface area contributed by atoms with Crippen LogP contribution in [0.4, 0.5) is 0 Å². The zero-order valence-electron chi connectivity index (χ0n) is 7.57. The van der Waals surface area contributed by atoms with Gasteiger partial charge in [-0.05, 0) is 44.8 Å². The maximum absolute atomic E-state index is 9.24. The van der Waals surface area contributed by atoms with Crippen LogP contribution in [-0.2, 0) is 0 Å². The van der Waals surface area contributed by atoms with E-state index in [2.05, 4.69) is 42.0 Å². The summed E-state index contributed by atoms with van der Waals surface area (Å²) in [6, 6.07) is 1.88. The summed E-state index contributed by atoms with van der Waals surface area (Å²) in [5.41, 5.74) is 0. The van der Waals surface area contributed by atoms with Gasteiger partial charge in [0.2, 0.25) is 0 Å². The van der Waals surface area contributed by atoms with E-state index in [9.17, 15) is 5.11 Å². The fraction of sp³-hybridized carbons (Fsp3) is 0.250. The number of aromatic nitrogens is 2. The van der Waals surface area contributed by atoms with E-state index in [-0.39, 0.29) is 0 Å². The molecule has 80 valence electrons. The Kier molecular flexibility index (Phi) is 3.24. The number of hydrogen-bond donors (Lipinski definition) is 1. The number of nitrogens with zero attached hydrogens (tertiary/aromatic N) is 2. The number of aliphatic hydroxyl groups is 1. The molecule has 0 saturated heterocycles. The molecule has 7 heteroatoms. The quantitative estimate of drug-likeness (QED) is 0.899. The molecule has 0 aliphatic carbocycles. The second kappa shape index (κ2) is 4.32. The Morgan fingerprint density at radius 2 is 2.27 bits per heavy atom. The van der Waals surface area contributed by atoms with Crippen LogP contribution in [-0.4, -0.2) is 15.2 Å². The van der Waals surface area contributed by atoms with Gasteiger partial charge in [0.1, 0.15) is 6.10 Å². The topological polar surface area (TPSA) is 59.2 Å². The van der Waals surface area contributed by atoms with Crippen LogP contribution in [0.1, 0.15) is 18.9 Å². The molecule has 1 unspecified atom stereocenters. The third-order valence-corrected chi connectivity index (χ3v) is 4.92. The molecule has 0 spiro atoms. The second-order valence-electron chi connectivity index (χ2n) is 2.87. The molecule has 0 fully saturated rings. The maximum atomic E-state index is 9.24. The molecule has 15 heavy (non-hydrogen) atoms. The highest BCUT2D eigenvalue weighted by Crippen LogP contribution is 2.37. The van der Waals surface area contributed by atoms with Gasteiger partial charge in [-0.1, -0.05) is 5.16 Å². The van der Waals surface area contributed by atoms with Crippen LogP contribution in [0.3, 0.4) is 0 Å². The van der Waals surface area contributed by atoms with Crippen molar-refractivity contribution < 1.29 is 9.63 Å². The summed E-state index contributed by atoms with van der Waals surface area (Å²) in [7, 11) is 0. The monoisotopic (exact) mass is 352 g/mol. The normalized spacial score (nSPS) is 13.1. The van der Waals surface area contributed by atoms with E-state index < -0.39 is 6.10 Å². The molecule has 0 aliphatic heterocycles. The van der Waals surface area contributed by atoms with Crippen molar-refractivity contribution in [2.45, 2.75) is 13.0 Å². The Morgan fingerprint density at radius 3 is 2.73 bits per heavy atom. The van der Waals surface area contributed by atoms with Crippen molar-refractivity contribution in [3.8, 4) is 10.8 Å². The standard InChI is InChI=1S/C8H6Br2N2O2S/c1-3(13)7-11-8(14-12-7)5-2-4(9)6(10)15-5/h2-3,13H,1H3. The molecule has 0 bridgehead atoms. The lowest BCUT2D eigenvalue weighted by Gasteiger charge is -1.91. The van der Waals surface area contributed by atoms with Gasteiger partial charge in [-0.2, -0.15) is 4.98 Å². The molecule has 0 aromatic carbocycles. The Hall–Kier alpha value is -0.240. The first-order valence-corrected chi connectivity index (χ1v) is 6.45. The fourth-order valence-electron chi connectivity index (χ4n) is 0.957. The minimum Gasteiger partial charge on any atom is -0.385 e. The van der Waals surface area contributed by atoms with E-state index in [4.69, 9.17) is 4.52 Å². The Bertz CT molecular complexity index is 461. The van der Waals surface area contributed by atoms with E-state index >= 15 is 0 Å². The zero-order chi connectivity index (χ0) is 11.0. The summed E-state index contributed by atoms with van der Waals surface area (Å²) in [4.78, 5) is 4.93. The van der Waals surface area contributed by atoms with E-state index in [0.717, 1.165) is 13.1 Å². The van der Waals surface area contributed by atoms with Crippen molar-refractivity contribution in [3.63, 3.8) is 0 Å². The third kappa shape index (κ3) is 2.30. The van der Waals surface area contributed by atoms with Crippen LogP contribution in [0.25, 0.3) is 10.8 Å². The van der Waals surface area contributed by atoms with Crippen molar-refractivity contribution in [3.05, 3.63) is 20.1 Å². The third-order valence-electron chi connectivity index (χ3n) is 1.67. The summed E-state index contributed by atoms with van der Waals surface area (Å²) in [6.07, 6.45) is -0.714. The smallest absolute Gasteiger partial charge is 0.268 e. The highest BCUT2D eigenvalue weighted by molar-refractivity contribution is 9.13. The fourth-order valence-corrected chi connectivity index (χ4v) is 2.91. The molecule has 0 amide bonds. The van der Waals surface area contributed by atoms with Crippen LogP contribution < -0.4 is 0 Å². The van der Waals surface area contributed by atoms with Gasteiger partial charge in [0.05, 0.1) is 8.66 Å². The summed E-state index contributed by atoms with van der Waals surface area (Å²) in [6.45, 7) is 1.59. The molecule has 0 saturated carbocycles. The summed E-state index contributed by atoms with van der Waals surface area (Å²) < 4.78 is 6.94.